The molecule has 116 valence electrons. The molecule has 0 saturated heterocycles. The zero-order valence-electron chi connectivity index (χ0n) is 12.5. The van der Waals surface area contributed by atoms with E-state index in [0.29, 0.717) is 0 Å². The largest absolute Gasteiger partial charge is 0.444 e. The summed E-state index contributed by atoms with van der Waals surface area (Å²) in [5.74, 6) is 0. The fraction of sp³-hybridized carbons (Fsp3) is 0.923. The minimum atomic E-state index is -3.36. The summed E-state index contributed by atoms with van der Waals surface area (Å²) in [5, 5.41) is 2.93. The van der Waals surface area contributed by atoms with Gasteiger partial charge >= 0.3 is 6.09 Å². The molecule has 0 heterocycles. The maximum Gasteiger partial charge on any atom is 0.408 e. The van der Waals surface area contributed by atoms with E-state index in [-0.39, 0.29) is 23.7 Å². The molecule has 1 N–H and O–H groups in total. The molecule has 20 heavy (non-hydrogen) atoms. The Morgan fingerprint density at radius 2 is 1.80 bits per heavy atom. The second-order valence-electron chi connectivity index (χ2n) is 7.21. The van der Waals surface area contributed by atoms with Crippen LogP contribution in [-0.4, -0.2) is 38.5 Å². The quantitative estimate of drug-likeness (QED) is 0.783. The molecule has 3 aliphatic carbocycles. The van der Waals surface area contributed by atoms with Crippen molar-refractivity contribution in [1.82, 2.24) is 5.32 Å². The monoisotopic (exact) mass is 305 g/mol. The first-order valence-corrected chi connectivity index (χ1v) is 8.60. The number of amides is 1. The highest BCUT2D eigenvalue weighted by Crippen LogP contribution is 2.68. The Morgan fingerprint density at radius 3 is 2.25 bits per heavy atom. The highest BCUT2D eigenvalue weighted by molar-refractivity contribution is 7.85. The molecule has 0 aliphatic heterocycles. The lowest BCUT2D eigenvalue weighted by Crippen LogP contribution is -2.75. The fourth-order valence-corrected chi connectivity index (χ4v) is 3.71. The molecule has 6 nitrogen and oxygen atoms in total. The third-order valence-electron chi connectivity index (χ3n) is 3.84. The minimum Gasteiger partial charge on any atom is -0.444 e. The summed E-state index contributed by atoms with van der Waals surface area (Å²) in [6.07, 6.45) is 4.04. The lowest BCUT2D eigenvalue weighted by molar-refractivity contribution is -0.159. The second-order valence-corrected chi connectivity index (χ2v) is 8.86. The Balaban J connectivity index is 1.70. The minimum absolute atomic E-state index is 0.132. The van der Waals surface area contributed by atoms with E-state index in [1.165, 1.54) is 0 Å². The smallest absolute Gasteiger partial charge is 0.408 e. The third-order valence-corrected chi connectivity index (χ3v) is 4.43. The van der Waals surface area contributed by atoms with Gasteiger partial charge in [-0.3, -0.25) is 4.18 Å². The van der Waals surface area contributed by atoms with Gasteiger partial charge in [0.1, 0.15) is 5.60 Å². The Labute approximate surface area is 120 Å². The van der Waals surface area contributed by atoms with Gasteiger partial charge in [-0.2, -0.15) is 8.42 Å². The topological polar surface area (TPSA) is 81.7 Å². The Kier molecular flexibility index (Phi) is 3.57. The Bertz CT molecular complexity index is 486. The molecule has 7 heteroatoms. The molecule has 0 aromatic rings. The van der Waals surface area contributed by atoms with Crippen molar-refractivity contribution in [3.8, 4) is 0 Å². The number of ether oxygens (including phenoxy) is 1. The highest BCUT2D eigenvalue weighted by Gasteiger charge is 2.68. The summed E-state index contributed by atoms with van der Waals surface area (Å²) in [4.78, 5) is 11.7. The summed E-state index contributed by atoms with van der Waals surface area (Å²) in [5.41, 5.74) is -0.470. The Hall–Kier alpha value is -0.820. The van der Waals surface area contributed by atoms with Crippen LogP contribution in [0.1, 0.15) is 46.5 Å². The number of carbonyl (C=O) groups excluding carboxylic acids is 1. The van der Waals surface area contributed by atoms with Crippen LogP contribution >= 0.6 is 0 Å². The van der Waals surface area contributed by atoms with Crippen molar-refractivity contribution < 1.29 is 22.1 Å². The van der Waals surface area contributed by atoms with E-state index in [9.17, 15) is 13.2 Å². The molecule has 0 aromatic heterocycles. The normalized spacial score (nSPS) is 32.0. The van der Waals surface area contributed by atoms with Gasteiger partial charge in [0.2, 0.25) is 0 Å². The Morgan fingerprint density at radius 1 is 1.25 bits per heavy atom. The van der Waals surface area contributed by atoms with Crippen molar-refractivity contribution in [2.24, 2.45) is 5.41 Å². The number of carbonyl (C=O) groups is 1. The SMILES string of the molecule is CC(C)(C)OC(=O)NC12CC(CCOS(C)(=O)=O)(C1)C2. The summed E-state index contributed by atoms with van der Waals surface area (Å²) < 4.78 is 31.8. The summed E-state index contributed by atoms with van der Waals surface area (Å²) >= 11 is 0. The van der Waals surface area contributed by atoms with Crippen LogP contribution in [0, 0.1) is 5.41 Å². The van der Waals surface area contributed by atoms with Gasteiger partial charge in [0.25, 0.3) is 10.1 Å². The number of hydrogen-bond acceptors (Lipinski definition) is 5. The van der Waals surface area contributed by atoms with Gasteiger partial charge < -0.3 is 10.1 Å². The zero-order valence-corrected chi connectivity index (χ0v) is 13.3. The van der Waals surface area contributed by atoms with Crippen LogP contribution < -0.4 is 5.32 Å². The summed E-state index contributed by atoms with van der Waals surface area (Å²) in [6.45, 7) is 5.72. The van der Waals surface area contributed by atoms with Crippen molar-refractivity contribution in [3.05, 3.63) is 0 Å². The molecule has 3 rings (SSSR count). The van der Waals surface area contributed by atoms with E-state index in [0.717, 1.165) is 31.9 Å². The molecule has 0 atom stereocenters. The molecule has 0 unspecified atom stereocenters. The summed E-state index contributed by atoms with van der Waals surface area (Å²) in [7, 11) is -3.36. The molecule has 3 saturated carbocycles. The first kappa shape index (κ1) is 15.6. The van der Waals surface area contributed by atoms with Gasteiger partial charge in [-0.1, -0.05) is 0 Å². The molecule has 0 aromatic carbocycles. The van der Waals surface area contributed by atoms with Gasteiger partial charge in [0.05, 0.1) is 12.9 Å². The molecule has 0 radical (unpaired) electrons. The van der Waals surface area contributed by atoms with Crippen LogP contribution in [0.5, 0.6) is 0 Å². The van der Waals surface area contributed by atoms with E-state index in [1.807, 2.05) is 20.8 Å². The maximum atomic E-state index is 11.7. The first-order chi connectivity index (χ1) is 8.93. The van der Waals surface area contributed by atoms with Crippen LogP contribution in [0.3, 0.4) is 0 Å². The maximum absolute atomic E-state index is 11.7. The summed E-state index contributed by atoms with van der Waals surface area (Å²) in [6, 6.07) is 0. The van der Waals surface area contributed by atoms with Crippen molar-refractivity contribution >= 4 is 16.2 Å². The van der Waals surface area contributed by atoms with Crippen molar-refractivity contribution in [1.29, 1.82) is 0 Å². The fourth-order valence-electron chi connectivity index (χ4n) is 3.33. The van der Waals surface area contributed by atoms with E-state index in [2.05, 4.69) is 5.32 Å². The average molecular weight is 305 g/mol. The molecule has 2 bridgehead atoms. The predicted molar refractivity (Wildman–Crippen MR) is 73.8 cm³/mol. The van der Waals surface area contributed by atoms with Crippen LogP contribution in [0.4, 0.5) is 4.79 Å². The van der Waals surface area contributed by atoms with Crippen molar-refractivity contribution in [3.63, 3.8) is 0 Å². The molecular formula is C13H23NO5S. The number of hydrogen-bond donors (Lipinski definition) is 1. The van der Waals surface area contributed by atoms with Crippen LogP contribution in [-0.2, 0) is 19.0 Å². The van der Waals surface area contributed by atoms with Gasteiger partial charge in [0, 0.05) is 5.54 Å². The van der Waals surface area contributed by atoms with E-state index in [4.69, 9.17) is 8.92 Å². The number of nitrogens with one attached hydrogen (secondary N) is 1. The van der Waals surface area contributed by atoms with E-state index in [1.54, 1.807) is 0 Å². The van der Waals surface area contributed by atoms with Gasteiger partial charge in [0.15, 0.2) is 0 Å². The molecule has 3 aliphatic rings. The van der Waals surface area contributed by atoms with Gasteiger partial charge in [-0.15, -0.1) is 0 Å². The van der Waals surface area contributed by atoms with Crippen LogP contribution in [0.15, 0.2) is 0 Å². The standard InChI is InChI=1S/C13H23NO5S/c1-11(2,3)19-10(15)14-13-7-12(8-13,9-13)5-6-18-20(4,16)17/h5-9H2,1-4H3,(H,14,15). The average Bonchev–Trinajstić information content (AvgIpc) is 2.06. The zero-order chi connectivity index (χ0) is 15.2. The second kappa shape index (κ2) is 4.59. The molecule has 3 fully saturated rings. The van der Waals surface area contributed by atoms with Crippen molar-refractivity contribution in [2.45, 2.75) is 57.6 Å². The lowest BCUT2D eigenvalue weighted by atomic mass is 9.38. The van der Waals surface area contributed by atoms with Gasteiger partial charge in [-0.25, -0.2) is 4.79 Å². The van der Waals surface area contributed by atoms with E-state index >= 15 is 0 Å². The van der Waals surface area contributed by atoms with Crippen LogP contribution in [0.25, 0.3) is 0 Å². The number of rotatable bonds is 5. The van der Waals surface area contributed by atoms with Crippen molar-refractivity contribution in [2.75, 3.05) is 12.9 Å². The third kappa shape index (κ3) is 3.63. The number of alkyl carbamates (subject to hydrolysis) is 1. The molecular weight excluding hydrogens is 282 g/mol. The van der Waals surface area contributed by atoms with E-state index < -0.39 is 15.7 Å². The highest BCUT2D eigenvalue weighted by atomic mass is 32.2. The van der Waals surface area contributed by atoms with Gasteiger partial charge in [-0.05, 0) is 51.9 Å². The molecule has 0 spiro atoms. The first-order valence-electron chi connectivity index (χ1n) is 6.78. The lowest BCUT2D eigenvalue weighted by Gasteiger charge is -2.70. The van der Waals surface area contributed by atoms with Crippen LogP contribution in [0.2, 0.25) is 0 Å². The predicted octanol–water partition coefficient (Wildman–Crippen LogP) is 1.80. The molecule has 1 amide bonds.